The van der Waals surface area contributed by atoms with Gasteiger partial charge in [-0.05, 0) is 30.3 Å². The lowest BCUT2D eigenvalue weighted by atomic mass is 10.1. The van der Waals surface area contributed by atoms with Crippen LogP contribution in [0.15, 0.2) is 54.7 Å². The van der Waals surface area contributed by atoms with Crippen LogP contribution in [0.2, 0.25) is 0 Å². The molecule has 1 N–H and O–H groups in total. The average Bonchev–Trinajstić information content (AvgIpc) is 2.97. The molecule has 0 bridgehead atoms. The van der Waals surface area contributed by atoms with Crippen molar-refractivity contribution in [2.24, 2.45) is 0 Å². The number of phenols is 1. The van der Waals surface area contributed by atoms with Crippen LogP contribution in [0.4, 0.5) is 0 Å². The Kier molecular flexibility index (Phi) is 3.55. The number of rotatable bonds is 4. The number of aromatic hydroxyl groups is 1. The van der Waals surface area contributed by atoms with Crippen molar-refractivity contribution in [1.82, 2.24) is 15.0 Å². The number of methoxy groups -OCH3 is 1. The van der Waals surface area contributed by atoms with Crippen LogP contribution in [0, 0.1) is 0 Å². The van der Waals surface area contributed by atoms with Crippen LogP contribution in [0.1, 0.15) is 5.56 Å². The summed E-state index contributed by atoms with van der Waals surface area (Å²) in [5.74, 6) is 1.07. The zero-order valence-electron chi connectivity index (χ0n) is 11.6. The number of nitrogens with zero attached hydrogens (tertiary/aromatic N) is 3. The van der Waals surface area contributed by atoms with E-state index in [2.05, 4.69) is 10.3 Å². The Bertz CT molecular complexity index is 735. The van der Waals surface area contributed by atoms with E-state index >= 15 is 0 Å². The lowest BCUT2D eigenvalue weighted by Gasteiger charge is -2.07. The van der Waals surface area contributed by atoms with E-state index in [0.717, 1.165) is 22.6 Å². The quantitative estimate of drug-likeness (QED) is 0.798. The highest BCUT2D eigenvalue weighted by molar-refractivity contribution is 5.58. The summed E-state index contributed by atoms with van der Waals surface area (Å²) in [6, 6.07) is 14.7. The van der Waals surface area contributed by atoms with Crippen molar-refractivity contribution in [2.75, 3.05) is 7.11 Å². The van der Waals surface area contributed by atoms with Crippen LogP contribution < -0.4 is 4.74 Å². The fourth-order valence-electron chi connectivity index (χ4n) is 2.15. The predicted octanol–water partition coefficient (Wildman–Crippen LogP) is 2.71. The first kappa shape index (κ1) is 13.2. The maximum atomic E-state index is 9.31. The topological polar surface area (TPSA) is 60.2 Å². The van der Waals surface area contributed by atoms with E-state index in [1.165, 1.54) is 0 Å². The Balaban J connectivity index is 1.83. The number of para-hydroxylation sites is 1. The van der Waals surface area contributed by atoms with Crippen molar-refractivity contribution in [2.45, 2.75) is 6.54 Å². The van der Waals surface area contributed by atoms with E-state index in [9.17, 15) is 5.11 Å². The molecule has 3 aromatic rings. The predicted molar refractivity (Wildman–Crippen MR) is 79.2 cm³/mol. The Hall–Kier alpha value is -2.82. The fourth-order valence-corrected chi connectivity index (χ4v) is 2.15. The number of aromatic nitrogens is 3. The second-order valence-electron chi connectivity index (χ2n) is 4.66. The largest absolute Gasteiger partial charge is 0.508 e. The van der Waals surface area contributed by atoms with Gasteiger partial charge in [0.1, 0.15) is 17.2 Å². The van der Waals surface area contributed by atoms with Gasteiger partial charge in [-0.2, -0.15) is 0 Å². The molecule has 2 aromatic carbocycles. The maximum absolute atomic E-state index is 9.31. The highest BCUT2D eigenvalue weighted by atomic mass is 16.5. The van der Waals surface area contributed by atoms with E-state index in [1.807, 2.05) is 42.6 Å². The van der Waals surface area contributed by atoms with Crippen LogP contribution in [0.5, 0.6) is 11.5 Å². The SMILES string of the molecule is COc1ccccc1Cn1cc(-c2ccc(O)cc2)nn1. The zero-order chi connectivity index (χ0) is 14.7. The number of hydrogen-bond acceptors (Lipinski definition) is 4. The molecular weight excluding hydrogens is 266 g/mol. The van der Waals surface area contributed by atoms with Crippen LogP contribution in [-0.4, -0.2) is 27.2 Å². The summed E-state index contributed by atoms with van der Waals surface area (Å²) in [5.41, 5.74) is 2.73. The fraction of sp³-hybridized carbons (Fsp3) is 0.125. The van der Waals surface area contributed by atoms with E-state index in [-0.39, 0.29) is 5.75 Å². The Morgan fingerprint density at radius 3 is 2.62 bits per heavy atom. The molecule has 0 amide bonds. The van der Waals surface area contributed by atoms with E-state index in [0.29, 0.717) is 6.54 Å². The van der Waals surface area contributed by atoms with Crippen molar-refractivity contribution < 1.29 is 9.84 Å². The molecule has 0 spiro atoms. The molecule has 0 saturated heterocycles. The monoisotopic (exact) mass is 281 g/mol. The van der Waals surface area contributed by atoms with Gasteiger partial charge in [0.25, 0.3) is 0 Å². The second-order valence-corrected chi connectivity index (χ2v) is 4.66. The first-order valence-electron chi connectivity index (χ1n) is 6.57. The van der Waals surface area contributed by atoms with Crippen molar-refractivity contribution in [3.8, 4) is 22.8 Å². The molecule has 1 aromatic heterocycles. The van der Waals surface area contributed by atoms with Crippen LogP contribution in [-0.2, 0) is 6.54 Å². The Labute approximate surface area is 122 Å². The molecule has 0 atom stereocenters. The molecule has 5 heteroatoms. The lowest BCUT2D eigenvalue weighted by molar-refractivity contribution is 0.407. The summed E-state index contributed by atoms with van der Waals surface area (Å²) >= 11 is 0. The highest BCUT2D eigenvalue weighted by Crippen LogP contribution is 2.21. The first-order chi connectivity index (χ1) is 10.3. The Morgan fingerprint density at radius 2 is 1.86 bits per heavy atom. The number of benzene rings is 2. The smallest absolute Gasteiger partial charge is 0.123 e. The average molecular weight is 281 g/mol. The van der Waals surface area contributed by atoms with Crippen molar-refractivity contribution in [3.05, 3.63) is 60.3 Å². The van der Waals surface area contributed by atoms with Crippen LogP contribution >= 0.6 is 0 Å². The summed E-state index contributed by atoms with van der Waals surface area (Å²) in [7, 11) is 1.65. The summed E-state index contributed by atoms with van der Waals surface area (Å²) in [4.78, 5) is 0. The standard InChI is InChI=1S/C16H15N3O2/c1-21-16-5-3-2-4-13(16)10-19-11-15(17-18-19)12-6-8-14(20)9-7-12/h2-9,11,20H,10H2,1H3. The third kappa shape index (κ3) is 2.86. The van der Waals surface area contributed by atoms with Gasteiger partial charge in [0.05, 0.1) is 19.9 Å². The van der Waals surface area contributed by atoms with Gasteiger partial charge in [0.15, 0.2) is 0 Å². The maximum Gasteiger partial charge on any atom is 0.123 e. The summed E-state index contributed by atoms with van der Waals surface area (Å²) in [5, 5.41) is 17.6. The highest BCUT2D eigenvalue weighted by Gasteiger charge is 2.07. The molecule has 3 rings (SSSR count). The van der Waals surface area contributed by atoms with E-state index in [1.54, 1.807) is 23.9 Å². The minimum atomic E-state index is 0.236. The molecule has 0 aliphatic rings. The van der Waals surface area contributed by atoms with Crippen LogP contribution in [0.3, 0.4) is 0 Å². The number of ether oxygens (including phenoxy) is 1. The Morgan fingerprint density at radius 1 is 1.10 bits per heavy atom. The van der Waals surface area contributed by atoms with Gasteiger partial charge in [0, 0.05) is 11.1 Å². The molecular formula is C16H15N3O2. The van der Waals surface area contributed by atoms with Gasteiger partial charge < -0.3 is 9.84 Å². The molecule has 106 valence electrons. The number of hydrogen-bond donors (Lipinski definition) is 1. The molecule has 0 saturated carbocycles. The molecule has 0 radical (unpaired) electrons. The van der Waals surface area contributed by atoms with Gasteiger partial charge in [0.2, 0.25) is 0 Å². The normalized spacial score (nSPS) is 10.5. The third-order valence-corrected chi connectivity index (χ3v) is 3.23. The van der Waals surface area contributed by atoms with Crippen molar-refractivity contribution in [3.63, 3.8) is 0 Å². The van der Waals surface area contributed by atoms with Crippen molar-refractivity contribution >= 4 is 0 Å². The molecule has 5 nitrogen and oxygen atoms in total. The molecule has 0 unspecified atom stereocenters. The molecule has 0 fully saturated rings. The summed E-state index contributed by atoms with van der Waals surface area (Å²) in [6.45, 7) is 0.592. The molecule has 1 heterocycles. The summed E-state index contributed by atoms with van der Waals surface area (Å²) in [6.07, 6.45) is 1.87. The molecule has 21 heavy (non-hydrogen) atoms. The second kappa shape index (κ2) is 5.66. The van der Waals surface area contributed by atoms with Gasteiger partial charge in [-0.25, -0.2) is 4.68 Å². The van der Waals surface area contributed by atoms with Crippen molar-refractivity contribution in [1.29, 1.82) is 0 Å². The van der Waals surface area contributed by atoms with Crippen LogP contribution in [0.25, 0.3) is 11.3 Å². The third-order valence-electron chi connectivity index (χ3n) is 3.23. The van der Waals surface area contributed by atoms with E-state index < -0.39 is 0 Å². The minimum absolute atomic E-state index is 0.236. The zero-order valence-corrected chi connectivity index (χ0v) is 11.6. The van der Waals surface area contributed by atoms with Gasteiger partial charge in [-0.1, -0.05) is 23.4 Å². The van der Waals surface area contributed by atoms with Gasteiger partial charge in [-0.15, -0.1) is 5.10 Å². The number of phenolic OH excluding ortho intramolecular Hbond substituents is 1. The molecule has 0 aliphatic heterocycles. The van der Waals surface area contributed by atoms with E-state index in [4.69, 9.17) is 4.74 Å². The summed E-state index contributed by atoms with van der Waals surface area (Å²) < 4.78 is 7.10. The van der Waals surface area contributed by atoms with Gasteiger partial charge >= 0.3 is 0 Å². The first-order valence-corrected chi connectivity index (χ1v) is 6.57. The minimum Gasteiger partial charge on any atom is -0.508 e. The lowest BCUT2D eigenvalue weighted by Crippen LogP contribution is -2.02. The van der Waals surface area contributed by atoms with Gasteiger partial charge in [-0.3, -0.25) is 0 Å². The molecule has 0 aliphatic carbocycles.